The molecule has 0 bridgehead atoms. The van der Waals surface area contributed by atoms with Crippen LogP contribution in [0.15, 0.2) is 0 Å². The molecule has 2 heteroatoms. The van der Waals surface area contributed by atoms with Crippen molar-refractivity contribution in [2.45, 2.75) is 142 Å². The molecule has 1 unspecified atom stereocenters. The molecule has 0 nitrogen and oxygen atoms in total. The van der Waals surface area contributed by atoms with E-state index in [-0.39, 0.29) is 0 Å². The van der Waals surface area contributed by atoms with Gasteiger partial charge in [-0.2, -0.15) is 11.1 Å². The molecule has 24 heavy (non-hydrogen) atoms. The van der Waals surface area contributed by atoms with Gasteiger partial charge in [0.15, 0.2) is 7.38 Å². The zero-order valence-corrected chi connectivity index (χ0v) is 19.1. The van der Waals surface area contributed by atoms with Crippen LogP contribution in [-0.2, 0) is 0 Å². The van der Waals surface area contributed by atoms with Gasteiger partial charge in [-0.25, -0.2) is 0 Å². The molecular weight excluding hydrogens is 328 g/mol. The predicted molar refractivity (Wildman–Crippen MR) is 117 cm³/mol. The van der Waals surface area contributed by atoms with E-state index in [2.05, 4.69) is 20.4 Å². The molecule has 0 amide bonds. The minimum absolute atomic E-state index is 1.35. The molecule has 0 rings (SSSR count). The Labute approximate surface area is 160 Å². The summed E-state index contributed by atoms with van der Waals surface area (Å²) >= 11 is 6.85. The van der Waals surface area contributed by atoms with Crippen LogP contribution in [0.2, 0.25) is 18.6 Å². The average Bonchev–Trinajstić information content (AvgIpc) is 2.55. The van der Waals surface area contributed by atoms with E-state index in [0.717, 1.165) is 0 Å². The molecule has 0 aromatic rings. The van der Waals surface area contributed by atoms with Crippen molar-refractivity contribution in [3.05, 3.63) is 0 Å². The molecule has 0 aliphatic rings. The first-order valence-electron chi connectivity index (χ1n) is 11.3. The van der Waals surface area contributed by atoms with Crippen molar-refractivity contribution in [2.24, 2.45) is 0 Å². The first kappa shape index (κ1) is 24.5. The third-order valence-corrected chi connectivity index (χ3v) is 9.28. The second-order valence-corrected chi connectivity index (χ2v) is 14.8. The summed E-state index contributed by atoms with van der Waals surface area (Å²) < 4.78 is 0. The lowest BCUT2D eigenvalue weighted by Gasteiger charge is -2.19. The van der Waals surface area contributed by atoms with Crippen molar-refractivity contribution in [1.82, 2.24) is 0 Å². The number of hydrogen-bond donors (Lipinski definition) is 0. The standard InChI is InChI=1S/C22H47ClSi/c1-4-6-8-10-12-13-14-16-18-20-22-24(3,23)21-19-17-15-11-9-7-5-2/h4-22H2,1-3H3. The fourth-order valence-electron chi connectivity index (χ4n) is 3.56. The molecule has 0 aromatic carbocycles. The van der Waals surface area contributed by atoms with Gasteiger partial charge in [-0.05, 0) is 12.1 Å². The fourth-order valence-corrected chi connectivity index (χ4v) is 6.58. The van der Waals surface area contributed by atoms with Crippen molar-refractivity contribution >= 4 is 18.5 Å². The van der Waals surface area contributed by atoms with Crippen LogP contribution in [0, 0.1) is 0 Å². The first-order valence-corrected chi connectivity index (χ1v) is 15.2. The summed E-state index contributed by atoms with van der Waals surface area (Å²) in [5.74, 6) is 0. The van der Waals surface area contributed by atoms with E-state index >= 15 is 0 Å². The summed E-state index contributed by atoms with van der Waals surface area (Å²) in [7, 11) is -1.40. The highest BCUT2D eigenvalue weighted by molar-refractivity contribution is 7.19. The largest absolute Gasteiger partial charge is 0.167 e. The van der Waals surface area contributed by atoms with Gasteiger partial charge in [0.2, 0.25) is 0 Å². The smallest absolute Gasteiger partial charge is 0.153 e. The highest BCUT2D eigenvalue weighted by atomic mass is 35.6. The molecule has 0 aromatic heterocycles. The van der Waals surface area contributed by atoms with Crippen LogP contribution < -0.4 is 0 Å². The summed E-state index contributed by atoms with van der Waals surface area (Å²) in [4.78, 5) is 0. The predicted octanol–water partition coefficient (Wildman–Crippen LogP) is 9.47. The molecule has 0 N–H and O–H groups in total. The van der Waals surface area contributed by atoms with Crippen LogP contribution in [0.3, 0.4) is 0 Å². The second-order valence-electron chi connectivity index (χ2n) is 8.22. The monoisotopic (exact) mass is 374 g/mol. The van der Waals surface area contributed by atoms with E-state index in [4.69, 9.17) is 11.1 Å². The summed E-state index contributed by atoms with van der Waals surface area (Å²) in [5.41, 5.74) is 0. The lowest BCUT2D eigenvalue weighted by molar-refractivity contribution is 0.561. The fraction of sp³-hybridized carbons (Fsp3) is 1.00. The van der Waals surface area contributed by atoms with Crippen molar-refractivity contribution < 1.29 is 0 Å². The van der Waals surface area contributed by atoms with Crippen LogP contribution in [-0.4, -0.2) is 7.38 Å². The Hall–Kier alpha value is 0.507. The molecule has 146 valence electrons. The molecule has 0 saturated heterocycles. The number of rotatable bonds is 19. The quantitative estimate of drug-likeness (QED) is 0.120. The maximum absolute atomic E-state index is 6.85. The van der Waals surface area contributed by atoms with Crippen molar-refractivity contribution in [2.75, 3.05) is 0 Å². The molecule has 0 aliphatic carbocycles. The maximum Gasteiger partial charge on any atom is 0.153 e. The number of unbranched alkanes of at least 4 members (excludes halogenated alkanes) is 15. The summed E-state index contributed by atoms with van der Waals surface area (Å²) in [6.07, 6.45) is 24.2. The average molecular weight is 375 g/mol. The van der Waals surface area contributed by atoms with E-state index in [0.29, 0.717) is 0 Å². The second kappa shape index (κ2) is 18.3. The minimum Gasteiger partial charge on any atom is -0.167 e. The van der Waals surface area contributed by atoms with Crippen LogP contribution in [0.1, 0.15) is 123 Å². The first-order chi connectivity index (χ1) is 11.6. The minimum atomic E-state index is -1.40. The SMILES string of the molecule is CCCCCCCCCCCC[Si](C)(Cl)CCCCCCCCC. The summed E-state index contributed by atoms with van der Waals surface area (Å²) in [5, 5.41) is 0. The Kier molecular flexibility index (Phi) is 18.7. The highest BCUT2D eigenvalue weighted by Crippen LogP contribution is 2.27. The zero-order chi connectivity index (χ0) is 17.9. The Morgan fingerprint density at radius 2 is 0.708 bits per heavy atom. The Balaban J connectivity index is 3.31. The molecule has 0 fully saturated rings. The van der Waals surface area contributed by atoms with Gasteiger partial charge in [0.25, 0.3) is 0 Å². The lowest BCUT2D eigenvalue weighted by Crippen LogP contribution is -2.21. The van der Waals surface area contributed by atoms with Gasteiger partial charge in [-0.3, -0.25) is 0 Å². The Morgan fingerprint density at radius 3 is 1.00 bits per heavy atom. The lowest BCUT2D eigenvalue weighted by atomic mass is 10.1. The van der Waals surface area contributed by atoms with E-state index in [1.54, 1.807) is 0 Å². The normalized spacial score (nSPS) is 14.0. The molecule has 0 radical (unpaired) electrons. The third-order valence-electron chi connectivity index (χ3n) is 5.35. The van der Waals surface area contributed by atoms with Gasteiger partial charge in [0.05, 0.1) is 0 Å². The van der Waals surface area contributed by atoms with Gasteiger partial charge < -0.3 is 0 Å². The van der Waals surface area contributed by atoms with Crippen molar-refractivity contribution in [3.8, 4) is 0 Å². The Bertz CT molecular complexity index is 240. The van der Waals surface area contributed by atoms with Gasteiger partial charge in [0.1, 0.15) is 0 Å². The topological polar surface area (TPSA) is 0 Å². The van der Waals surface area contributed by atoms with Crippen LogP contribution in [0.5, 0.6) is 0 Å². The van der Waals surface area contributed by atoms with Gasteiger partial charge >= 0.3 is 0 Å². The summed E-state index contributed by atoms with van der Waals surface area (Å²) in [6, 6.07) is 2.70. The molecule has 1 atom stereocenters. The Morgan fingerprint density at radius 1 is 0.458 bits per heavy atom. The van der Waals surface area contributed by atoms with Gasteiger partial charge in [0, 0.05) is 0 Å². The molecule has 0 aliphatic heterocycles. The molecule has 0 heterocycles. The maximum atomic E-state index is 6.85. The molecule has 0 spiro atoms. The molecule has 0 saturated carbocycles. The van der Waals surface area contributed by atoms with E-state index in [1.165, 1.54) is 121 Å². The number of halogens is 1. The van der Waals surface area contributed by atoms with Crippen molar-refractivity contribution in [3.63, 3.8) is 0 Å². The van der Waals surface area contributed by atoms with Crippen LogP contribution in [0.4, 0.5) is 0 Å². The highest BCUT2D eigenvalue weighted by Gasteiger charge is 2.22. The third kappa shape index (κ3) is 18.8. The zero-order valence-electron chi connectivity index (χ0n) is 17.3. The van der Waals surface area contributed by atoms with Crippen LogP contribution in [0.25, 0.3) is 0 Å². The van der Waals surface area contributed by atoms with Crippen molar-refractivity contribution in [1.29, 1.82) is 0 Å². The molecular formula is C22H47ClSi. The number of hydrogen-bond acceptors (Lipinski definition) is 0. The summed E-state index contributed by atoms with van der Waals surface area (Å²) in [6.45, 7) is 6.99. The van der Waals surface area contributed by atoms with E-state index < -0.39 is 7.38 Å². The van der Waals surface area contributed by atoms with Gasteiger partial charge in [-0.15, -0.1) is 0 Å². The van der Waals surface area contributed by atoms with Gasteiger partial charge in [-0.1, -0.05) is 130 Å². The van der Waals surface area contributed by atoms with E-state index in [9.17, 15) is 0 Å². The van der Waals surface area contributed by atoms with E-state index in [1.807, 2.05) is 0 Å². The van der Waals surface area contributed by atoms with Crippen LogP contribution >= 0.6 is 11.1 Å².